The van der Waals surface area contributed by atoms with Crippen LogP contribution in [0, 0.1) is 5.92 Å². The van der Waals surface area contributed by atoms with Gasteiger partial charge in [-0.25, -0.2) is 0 Å². The van der Waals surface area contributed by atoms with Gasteiger partial charge in [-0.2, -0.15) is 11.8 Å². The van der Waals surface area contributed by atoms with Gasteiger partial charge < -0.3 is 15.5 Å². The van der Waals surface area contributed by atoms with Crippen LogP contribution in [0.25, 0.3) is 0 Å². The minimum Gasteiger partial charge on any atom is -0.352 e. The third-order valence-electron chi connectivity index (χ3n) is 6.01. The second-order valence-corrected chi connectivity index (χ2v) is 9.27. The van der Waals surface area contributed by atoms with Crippen molar-refractivity contribution < 1.29 is 14.4 Å². The van der Waals surface area contributed by atoms with Crippen LogP contribution in [0.1, 0.15) is 51.4 Å². The molecule has 0 bridgehead atoms. The topological polar surface area (TPSA) is 78.5 Å². The van der Waals surface area contributed by atoms with Crippen molar-refractivity contribution in [3.63, 3.8) is 0 Å². The zero-order valence-corrected chi connectivity index (χ0v) is 18.6. The average Bonchev–Trinajstić information content (AvgIpc) is 2.96. The Balaban J connectivity index is 1.59. The third kappa shape index (κ3) is 6.24. The predicted octanol–water partition coefficient (Wildman–Crippen LogP) is 3.12. The molecule has 1 heterocycles. The first kappa shape index (κ1) is 22.7. The molecule has 1 aliphatic heterocycles. The maximum Gasteiger partial charge on any atom is 0.242 e. The van der Waals surface area contributed by atoms with Crippen LogP contribution < -0.4 is 15.5 Å². The van der Waals surface area contributed by atoms with E-state index in [9.17, 15) is 14.4 Å². The summed E-state index contributed by atoms with van der Waals surface area (Å²) in [6.45, 7) is 0.355. The van der Waals surface area contributed by atoms with Crippen LogP contribution in [0.5, 0.6) is 0 Å². The number of hydrogen-bond acceptors (Lipinski definition) is 4. The van der Waals surface area contributed by atoms with Crippen molar-refractivity contribution in [2.45, 2.75) is 63.5 Å². The van der Waals surface area contributed by atoms with Gasteiger partial charge >= 0.3 is 0 Å². The molecule has 0 unspecified atom stereocenters. The molecule has 0 aromatic heterocycles. The molecule has 1 saturated heterocycles. The van der Waals surface area contributed by atoms with Crippen molar-refractivity contribution in [2.75, 3.05) is 23.5 Å². The summed E-state index contributed by atoms with van der Waals surface area (Å²) in [5.74, 6) is 0.0190. The van der Waals surface area contributed by atoms with Crippen molar-refractivity contribution in [3.8, 4) is 0 Å². The van der Waals surface area contributed by atoms with Gasteiger partial charge in [-0.1, -0.05) is 43.9 Å². The molecule has 0 radical (unpaired) electrons. The molecule has 2 atom stereocenters. The molecular weight excluding hydrogens is 398 g/mol. The van der Waals surface area contributed by atoms with Crippen molar-refractivity contribution in [1.82, 2.24) is 10.6 Å². The number of nitrogens with zero attached hydrogens (tertiary/aromatic N) is 1. The summed E-state index contributed by atoms with van der Waals surface area (Å²) in [6.07, 6.45) is 9.54. The van der Waals surface area contributed by atoms with Gasteiger partial charge in [-0.15, -0.1) is 0 Å². The summed E-state index contributed by atoms with van der Waals surface area (Å²) >= 11 is 1.66. The first-order valence-electron chi connectivity index (χ1n) is 11.0. The van der Waals surface area contributed by atoms with Gasteiger partial charge in [-0.05, 0) is 43.4 Å². The third-order valence-corrected chi connectivity index (χ3v) is 6.65. The van der Waals surface area contributed by atoms with Gasteiger partial charge in [0, 0.05) is 24.7 Å². The predicted molar refractivity (Wildman–Crippen MR) is 121 cm³/mol. The lowest BCUT2D eigenvalue weighted by molar-refractivity contribution is -0.131. The Bertz CT molecular complexity index is 720. The molecule has 3 rings (SSSR count). The Kier molecular flexibility index (Phi) is 8.61. The van der Waals surface area contributed by atoms with E-state index in [1.165, 1.54) is 12.8 Å². The van der Waals surface area contributed by atoms with E-state index in [4.69, 9.17) is 0 Å². The lowest BCUT2D eigenvalue weighted by Crippen LogP contribution is -2.51. The van der Waals surface area contributed by atoms with Gasteiger partial charge in [0.1, 0.15) is 6.04 Å². The largest absolute Gasteiger partial charge is 0.352 e. The normalized spacial score (nSPS) is 21.2. The minimum absolute atomic E-state index is 0.0510. The van der Waals surface area contributed by atoms with E-state index in [2.05, 4.69) is 10.6 Å². The lowest BCUT2D eigenvalue weighted by Gasteiger charge is -2.24. The first-order chi connectivity index (χ1) is 14.6. The van der Waals surface area contributed by atoms with E-state index in [0.29, 0.717) is 13.0 Å². The summed E-state index contributed by atoms with van der Waals surface area (Å²) in [5.41, 5.74) is 0.808. The highest BCUT2D eigenvalue weighted by Gasteiger charge is 2.36. The Labute approximate surface area is 183 Å². The van der Waals surface area contributed by atoms with Crippen LogP contribution in [0.2, 0.25) is 0 Å². The zero-order valence-electron chi connectivity index (χ0n) is 17.8. The zero-order chi connectivity index (χ0) is 21.3. The van der Waals surface area contributed by atoms with E-state index in [1.54, 1.807) is 16.7 Å². The van der Waals surface area contributed by atoms with Crippen LogP contribution in [-0.4, -0.2) is 48.4 Å². The number of para-hydroxylation sites is 1. The quantitative estimate of drug-likeness (QED) is 0.620. The van der Waals surface area contributed by atoms with Crippen LogP contribution in [0.15, 0.2) is 30.3 Å². The van der Waals surface area contributed by atoms with Crippen molar-refractivity contribution >= 4 is 35.2 Å². The van der Waals surface area contributed by atoms with Crippen molar-refractivity contribution in [3.05, 3.63) is 30.3 Å². The molecule has 1 saturated carbocycles. The highest BCUT2D eigenvalue weighted by Crippen LogP contribution is 2.25. The van der Waals surface area contributed by atoms with Gasteiger partial charge in [0.25, 0.3) is 0 Å². The molecule has 1 aromatic rings. The minimum atomic E-state index is -0.547. The maximum atomic E-state index is 12.9. The average molecular weight is 432 g/mol. The van der Waals surface area contributed by atoms with E-state index in [-0.39, 0.29) is 30.2 Å². The number of carbonyl (C=O) groups is 3. The number of rotatable bonds is 8. The molecule has 1 aliphatic carbocycles. The summed E-state index contributed by atoms with van der Waals surface area (Å²) in [6, 6.07) is 9.07. The number of amides is 3. The summed E-state index contributed by atoms with van der Waals surface area (Å²) in [5, 5.41) is 6.12. The Morgan fingerprint density at radius 2 is 1.83 bits per heavy atom. The molecule has 2 N–H and O–H groups in total. The number of thioether (sulfide) groups is 1. The Morgan fingerprint density at radius 3 is 2.50 bits per heavy atom. The maximum absolute atomic E-state index is 12.9. The Hall–Kier alpha value is -2.02. The van der Waals surface area contributed by atoms with Crippen LogP contribution in [0.3, 0.4) is 0 Å². The monoisotopic (exact) mass is 431 g/mol. The Morgan fingerprint density at radius 1 is 1.13 bits per heavy atom. The van der Waals surface area contributed by atoms with Gasteiger partial charge in [-0.3, -0.25) is 14.4 Å². The fourth-order valence-electron chi connectivity index (χ4n) is 4.26. The van der Waals surface area contributed by atoms with Crippen LogP contribution >= 0.6 is 11.8 Å². The van der Waals surface area contributed by atoms with Crippen LogP contribution in [0.4, 0.5) is 5.69 Å². The summed E-state index contributed by atoms with van der Waals surface area (Å²) in [7, 11) is 0. The molecule has 1 aromatic carbocycles. The smallest absolute Gasteiger partial charge is 0.242 e. The van der Waals surface area contributed by atoms with Gasteiger partial charge in [0.2, 0.25) is 17.7 Å². The lowest BCUT2D eigenvalue weighted by atomic mass is 10.1. The number of hydrogen-bond donors (Lipinski definition) is 2. The molecule has 2 aliphatic rings. The highest BCUT2D eigenvalue weighted by atomic mass is 32.2. The van der Waals surface area contributed by atoms with Gasteiger partial charge in [0.15, 0.2) is 0 Å². The molecule has 2 fully saturated rings. The van der Waals surface area contributed by atoms with Gasteiger partial charge in [0.05, 0.1) is 5.92 Å². The van der Waals surface area contributed by atoms with Crippen LogP contribution in [-0.2, 0) is 14.4 Å². The molecular formula is C23H33N3O3S. The number of carbonyl (C=O) groups excluding carboxylic acids is 3. The summed E-state index contributed by atoms with van der Waals surface area (Å²) < 4.78 is 0. The first-order valence-corrected chi connectivity index (χ1v) is 12.4. The van der Waals surface area contributed by atoms with E-state index in [0.717, 1.165) is 37.1 Å². The fourth-order valence-corrected chi connectivity index (χ4v) is 4.73. The highest BCUT2D eigenvalue weighted by molar-refractivity contribution is 7.98. The number of nitrogens with one attached hydrogen (secondary N) is 2. The number of benzene rings is 1. The van der Waals surface area contributed by atoms with Crippen molar-refractivity contribution in [1.29, 1.82) is 0 Å². The summed E-state index contributed by atoms with van der Waals surface area (Å²) in [4.78, 5) is 39.9. The standard InChI is InChI=1S/C23H33N3O3S/c1-30-14-13-20(23(29)24-18-9-5-2-3-6-10-18)25-22(28)17-15-21(27)26(16-17)19-11-7-4-8-12-19/h4,7-8,11-12,17-18,20H,2-3,5-6,9-10,13-16H2,1H3,(H,24,29)(H,25,28)/t17-,20+/m1/s1. The SMILES string of the molecule is CSCC[C@H](NC(=O)[C@@H]1CC(=O)N(c2ccccc2)C1)C(=O)NC1CCCCCC1. The molecule has 3 amide bonds. The van der Waals surface area contributed by atoms with E-state index in [1.807, 2.05) is 36.6 Å². The molecule has 164 valence electrons. The molecule has 30 heavy (non-hydrogen) atoms. The second-order valence-electron chi connectivity index (χ2n) is 8.28. The van der Waals surface area contributed by atoms with E-state index < -0.39 is 12.0 Å². The number of anilines is 1. The molecule has 6 nitrogen and oxygen atoms in total. The molecule has 0 spiro atoms. The second kappa shape index (κ2) is 11.4. The molecule has 7 heteroatoms. The van der Waals surface area contributed by atoms with E-state index >= 15 is 0 Å². The fraction of sp³-hybridized carbons (Fsp3) is 0.609. The van der Waals surface area contributed by atoms with Crippen molar-refractivity contribution in [2.24, 2.45) is 5.92 Å².